The van der Waals surface area contributed by atoms with Crippen LogP contribution in [0.15, 0.2) is 12.7 Å². The molecular weight excluding hydrogens is 194 g/mol. The Hall–Kier alpha value is -1.76. The molecule has 15 heavy (non-hydrogen) atoms. The van der Waals surface area contributed by atoms with E-state index in [1.807, 2.05) is 11.6 Å². The topological polar surface area (TPSA) is 87.4 Å². The normalized spacial score (nSPS) is 10.8. The second-order valence-electron chi connectivity index (χ2n) is 3.05. The molecular formula is C8H13N7. The van der Waals surface area contributed by atoms with Crippen LogP contribution >= 0.6 is 0 Å². The van der Waals surface area contributed by atoms with Crippen molar-refractivity contribution in [2.45, 2.75) is 26.6 Å². The van der Waals surface area contributed by atoms with Crippen molar-refractivity contribution in [3.63, 3.8) is 0 Å². The van der Waals surface area contributed by atoms with Gasteiger partial charge in [0, 0.05) is 6.54 Å². The zero-order chi connectivity index (χ0) is 10.7. The Morgan fingerprint density at radius 2 is 2.27 bits per heavy atom. The fourth-order valence-electron chi connectivity index (χ4n) is 1.32. The molecule has 0 saturated heterocycles. The maximum Gasteiger partial charge on any atom is 0.164 e. The van der Waals surface area contributed by atoms with Crippen molar-refractivity contribution < 1.29 is 0 Å². The van der Waals surface area contributed by atoms with E-state index in [1.54, 1.807) is 17.3 Å². The first-order valence-corrected chi connectivity index (χ1v) is 4.78. The van der Waals surface area contributed by atoms with Crippen LogP contribution in [-0.2, 0) is 19.6 Å². The van der Waals surface area contributed by atoms with E-state index in [2.05, 4.69) is 20.2 Å². The summed E-state index contributed by atoms with van der Waals surface area (Å²) in [7, 11) is 0. The summed E-state index contributed by atoms with van der Waals surface area (Å²) in [5.41, 5.74) is 5.42. The standard InChI is InChI=1S/C8H13N7/c1-2-15-8(10-5-12-15)4-14-6-11-7(3-9)13-14/h5-6H,2-4,9H2,1H3. The van der Waals surface area contributed by atoms with E-state index >= 15 is 0 Å². The highest BCUT2D eigenvalue weighted by Gasteiger charge is 2.05. The van der Waals surface area contributed by atoms with E-state index in [1.165, 1.54) is 0 Å². The Kier molecular flexibility index (Phi) is 2.72. The minimum absolute atomic E-state index is 0.355. The number of aromatic nitrogens is 6. The number of hydrogen-bond donors (Lipinski definition) is 1. The van der Waals surface area contributed by atoms with Crippen molar-refractivity contribution in [3.8, 4) is 0 Å². The van der Waals surface area contributed by atoms with Gasteiger partial charge < -0.3 is 5.73 Å². The van der Waals surface area contributed by atoms with Crippen LogP contribution in [0.2, 0.25) is 0 Å². The quantitative estimate of drug-likeness (QED) is 0.723. The van der Waals surface area contributed by atoms with Crippen molar-refractivity contribution >= 4 is 0 Å². The van der Waals surface area contributed by atoms with Gasteiger partial charge in [-0.15, -0.1) is 0 Å². The van der Waals surface area contributed by atoms with E-state index in [9.17, 15) is 0 Å². The van der Waals surface area contributed by atoms with Gasteiger partial charge in [0.1, 0.15) is 25.0 Å². The predicted molar refractivity (Wildman–Crippen MR) is 52.7 cm³/mol. The molecule has 0 unspecified atom stereocenters. The molecule has 80 valence electrons. The van der Waals surface area contributed by atoms with Gasteiger partial charge in [0.05, 0.1) is 6.54 Å². The molecule has 0 aliphatic rings. The maximum absolute atomic E-state index is 5.42. The minimum Gasteiger partial charge on any atom is -0.324 e. The first-order chi connectivity index (χ1) is 7.33. The lowest BCUT2D eigenvalue weighted by atomic mass is 10.6. The molecule has 0 fully saturated rings. The number of rotatable bonds is 4. The Bertz CT molecular complexity index is 430. The predicted octanol–water partition coefficient (Wildman–Crippen LogP) is -0.603. The SMILES string of the molecule is CCn1ncnc1Cn1cnc(CN)n1. The lowest BCUT2D eigenvalue weighted by Gasteiger charge is -2.01. The lowest BCUT2D eigenvalue weighted by molar-refractivity contribution is 0.564. The molecule has 2 rings (SSSR count). The molecule has 0 aliphatic carbocycles. The van der Waals surface area contributed by atoms with Crippen LogP contribution < -0.4 is 5.73 Å². The second-order valence-corrected chi connectivity index (χ2v) is 3.05. The van der Waals surface area contributed by atoms with E-state index in [-0.39, 0.29) is 0 Å². The van der Waals surface area contributed by atoms with Crippen LogP contribution in [0.25, 0.3) is 0 Å². The first kappa shape index (κ1) is 9.78. The number of nitrogens with zero attached hydrogens (tertiary/aromatic N) is 6. The third-order valence-corrected chi connectivity index (χ3v) is 2.07. The van der Waals surface area contributed by atoms with E-state index in [4.69, 9.17) is 5.73 Å². The highest BCUT2D eigenvalue weighted by atomic mass is 15.4. The summed E-state index contributed by atoms with van der Waals surface area (Å²) in [5, 5.41) is 8.26. The Labute approximate surface area is 86.9 Å². The van der Waals surface area contributed by atoms with Gasteiger partial charge in [-0.25, -0.2) is 19.3 Å². The van der Waals surface area contributed by atoms with Crippen LogP contribution in [-0.4, -0.2) is 29.5 Å². The molecule has 7 heteroatoms. The van der Waals surface area contributed by atoms with Crippen molar-refractivity contribution in [1.82, 2.24) is 29.5 Å². The second kappa shape index (κ2) is 4.18. The molecule has 0 saturated carbocycles. The highest BCUT2D eigenvalue weighted by molar-refractivity contribution is 4.87. The average molecular weight is 207 g/mol. The van der Waals surface area contributed by atoms with Crippen molar-refractivity contribution in [3.05, 3.63) is 24.3 Å². The Morgan fingerprint density at radius 3 is 2.93 bits per heavy atom. The molecule has 0 bridgehead atoms. The molecule has 0 atom stereocenters. The largest absolute Gasteiger partial charge is 0.324 e. The van der Waals surface area contributed by atoms with E-state index in [0.29, 0.717) is 18.9 Å². The van der Waals surface area contributed by atoms with E-state index in [0.717, 1.165) is 12.4 Å². The Morgan fingerprint density at radius 1 is 1.40 bits per heavy atom. The molecule has 2 heterocycles. The summed E-state index contributed by atoms with van der Waals surface area (Å²) in [6, 6.07) is 0. The van der Waals surface area contributed by atoms with E-state index < -0.39 is 0 Å². The third kappa shape index (κ3) is 2.01. The average Bonchev–Trinajstić information content (AvgIpc) is 2.87. The van der Waals surface area contributed by atoms with Crippen LogP contribution in [0, 0.1) is 0 Å². The fraction of sp³-hybridized carbons (Fsp3) is 0.500. The first-order valence-electron chi connectivity index (χ1n) is 4.78. The molecule has 7 nitrogen and oxygen atoms in total. The van der Waals surface area contributed by atoms with Gasteiger partial charge >= 0.3 is 0 Å². The van der Waals surface area contributed by atoms with Crippen LogP contribution in [0.3, 0.4) is 0 Å². The van der Waals surface area contributed by atoms with Crippen LogP contribution in [0.5, 0.6) is 0 Å². The monoisotopic (exact) mass is 207 g/mol. The van der Waals surface area contributed by atoms with Crippen LogP contribution in [0.1, 0.15) is 18.6 Å². The number of aryl methyl sites for hydroxylation is 1. The number of nitrogens with two attached hydrogens (primary N) is 1. The zero-order valence-corrected chi connectivity index (χ0v) is 8.54. The molecule has 2 N–H and O–H groups in total. The summed E-state index contributed by atoms with van der Waals surface area (Å²) in [6.07, 6.45) is 3.19. The fourth-order valence-corrected chi connectivity index (χ4v) is 1.32. The van der Waals surface area contributed by atoms with Gasteiger partial charge in [-0.05, 0) is 6.92 Å². The summed E-state index contributed by atoms with van der Waals surface area (Å²) in [4.78, 5) is 8.19. The summed E-state index contributed by atoms with van der Waals surface area (Å²) < 4.78 is 3.53. The van der Waals surface area contributed by atoms with Crippen molar-refractivity contribution in [1.29, 1.82) is 0 Å². The van der Waals surface area contributed by atoms with Crippen molar-refractivity contribution in [2.24, 2.45) is 5.73 Å². The summed E-state index contributed by atoms with van der Waals surface area (Å²) >= 11 is 0. The molecule has 0 amide bonds. The lowest BCUT2D eigenvalue weighted by Crippen LogP contribution is -2.10. The van der Waals surface area contributed by atoms with Gasteiger partial charge in [-0.1, -0.05) is 0 Å². The molecule has 2 aromatic heterocycles. The minimum atomic E-state index is 0.355. The van der Waals surface area contributed by atoms with Gasteiger partial charge in [-0.3, -0.25) is 0 Å². The van der Waals surface area contributed by atoms with Gasteiger partial charge in [0.15, 0.2) is 5.82 Å². The highest BCUT2D eigenvalue weighted by Crippen LogP contribution is 1.97. The molecule has 0 aliphatic heterocycles. The third-order valence-electron chi connectivity index (χ3n) is 2.07. The van der Waals surface area contributed by atoms with Gasteiger partial charge in [-0.2, -0.15) is 10.2 Å². The molecule has 0 spiro atoms. The zero-order valence-electron chi connectivity index (χ0n) is 8.54. The van der Waals surface area contributed by atoms with Crippen LogP contribution in [0.4, 0.5) is 0 Å². The molecule has 2 aromatic rings. The van der Waals surface area contributed by atoms with Gasteiger partial charge in [0.25, 0.3) is 0 Å². The Balaban J connectivity index is 2.14. The van der Waals surface area contributed by atoms with Gasteiger partial charge in [0.2, 0.25) is 0 Å². The summed E-state index contributed by atoms with van der Waals surface area (Å²) in [6.45, 7) is 3.74. The maximum atomic E-state index is 5.42. The smallest absolute Gasteiger partial charge is 0.164 e. The summed E-state index contributed by atoms with van der Waals surface area (Å²) in [5.74, 6) is 1.50. The number of hydrogen-bond acceptors (Lipinski definition) is 5. The van der Waals surface area contributed by atoms with Crippen molar-refractivity contribution in [2.75, 3.05) is 0 Å². The molecule has 0 radical (unpaired) electrons. The molecule has 0 aromatic carbocycles.